The summed E-state index contributed by atoms with van der Waals surface area (Å²) in [4.78, 5) is 8.32. The van der Waals surface area contributed by atoms with E-state index < -0.39 is 10.0 Å². The Balaban J connectivity index is 0.000000348. The number of hydrogen-bond acceptors (Lipinski definition) is 5. The van der Waals surface area contributed by atoms with Crippen LogP contribution in [0, 0.1) is 0 Å². The van der Waals surface area contributed by atoms with Crippen molar-refractivity contribution in [2.24, 2.45) is 0 Å². The van der Waals surface area contributed by atoms with Crippen LogP contribution in [0.4, 0.5) is 5.69 Å². The van der Waals surface area contributed by atoms with Crippen molar-refractivity contribution in [3.05, 3.63) is 108 Å². The first-order valence-electron chi connectivity index (χ1n) is 9.94. The molecule has 2 aromatic heterocycles. The number of benzene rings is 3. The Kier molecular flexibility index (Phi) is 9.37. The zero-order valence-electron chi connectivity index (χ0n) is 18.0. The molecular weight excluding hydrogens is 564 g/mol. The van der Waals surface area contributed by atoms with Gasteiger partial charge in [-0.2, -0.15) is 0 Å². The summed E-state index contributed by atoms with van der Waals surface area (Å²) in [5.74, 6) is 0.587. The summed E-state index contributed by atoms with van der Waals surface area (Å²) in [5, 5.41) is 2.55. The van der Waals surface area contributed by atoms with Gasteiger partial charge in [0.15, 0.2) is 0 Å². The summed E-state index contributed by atoms with van der Waals surface area (Å²) >= 11 is 2.22. The third kappa shape index (κ3) is 6.31. The predicted molar refractivity (Wildman–Crippen MR) is 133 cm³/mol. The first-order chi connectivity index (χ1) is 16.6. The van der Waals surface area contributed by atoms with Crippen molar-refractivity contribution in [3.8, 4) is 5.75 Å². The number of aromatic nitrogens is 2. The van der Waals surface area contributed by atoms with Gasteiger partial charge in [0.25, 0.3) is 0 Å². The topological polar surface area (TPSA) is 83.3 Å². The normalized spacial score (nSPS) is 10.5. The van der Waals surface area contributed by atoms with Crippen molar-refractivity contribution < 1.29 is 31.3 Å². The molecular formula is C25H20ClN3O3PdS. The second-order valence-electron chi connectivity index (χ2n) is 6.78. The zero-order chi connectivity index (χ0) is 24.4. The summed E-state index contributed by atoms with van der Waals surface area (Å²) in [5.41, 5.74) is 1.11. The average molecular weight is 584 g/mol. The largest absolute Gasteiger partial charge is 0.265 e. The molecule has 0 bridgehead atoms. The second kappa shape index (κ2) is 12.4. The SMILES string of the molecule is COc1ccc(S(=O)(=O)[N-]c2cccc3ccc4cccnc4c23)cc1.[Cl][Pd+].c1ccncc1. The van der Waals surface area contributed by atoms with Gasteiger partial charge in [0.2, 0.25) is 0 Å². The molecule has 5 aromatic rings. The number of fused-ring (bicyclic) bond motifs is 3. The predicted octanol–water partition coefficient (Wildman–Crippen LogP) is 6.56. The van der Waals surface area contributed by atoms with E-state index in [4.69, 9.17) is 4.74 Å². The van der Waals surface area contributed by atoms with E-state index in [0.29, 0.717) is 11.4 Å². The van der Waals surface area contributed by atoms with Crippen LogP contribution in [0.1, 0.15) is 0 Å². The van der Waals surface area contributed by atoms with Crippen LogP contribution in [-0.2, 0) is 28.2 Å². The molecule has 0 aliphatic rings. The van der Waals surface area contributed by atoms with Gasteiger partial charge < -0.3 is 9.46 Å². The third-order valence-electron chi connectivity index (χ3n) is 4.74. The van der Waals surface area contributed by atoms with Crippen LogP contribution in [0.5, 0.6) is 5.75 Å². The van der Waals surface area contributed by atoms with E-state index in [9.17, 15) is 8.42 Å². The summed E-state index contributed by atoms with van der Waals surface area (Å²) < 4.78 is 34.7. The number of ether oxygens (including phenoxy) is 1. The van der Waals surface area contributed by atoms with Crippen LogP contribution in [0.2, 0.25) is 0 Å². The van der Waals surface area contributed by atoms with Gasteiger partial charge in [0, 0.05) is 24.0 Å². The number of halogens is 1. The van der Waals surface area contributed by atoms with Gasteiger partial charge in [0.1, 0.15) is 15.8 Å². The van der Waals surface area contributed by atoms with E-state index in [1.54, 1.807) is 42.9 Å². The van der Waals surface area contributed by atoms with Crippen LogP contribution >= 0.6 is 9.53 Å². The molecule has 9 heteroatoms. The van der Waals surface area contributed by atoms with Gasteiger partial charge in [-0.25, -0.2) is 8.42 Å². The molecule has 0 amide bonds. The Labute approximate surface area is 213 Å². The quantitative estimate of drug-likeness (QED) is 0.177. The van der Waals surface area contributed by atoms with E-state index in [1.807, 2.05) is 48.5 Å². The van der Waals surface area contributed by atoms with Gasteiger partial charge in [-0.05, 0) is 53.2 Å². The molecule has 0 radical (unpaired) electrons. The maximum absolute atomic E-state index is 12.8. The Morgan fingerprint density at radius 1 is 0.794 bits per heavy atom. The fourth-order valence-corrected chi connectivity index (χ4v) is 4.21. The van der Waals surface area contributed by atoms with Crippen molar-refractivity contribution >= 4 is 46.9 Å². The van der Waals surface area contributed by atoms with Gasteiger partial charge in [0.05, 0.1) is 17.5 Å². The summed E-state index contributed by atoms with van der Waals surface area (Å²) in [6, 6.07) is 25.0. The van der Waals surface area contributed by atoms with Crippen molar-refractivity contribution in [1.29, 1.82) is 0 Å². The minimum absolute atomic E-state index is 0.114. The number of hydrogen-bond donors (Lipinski definition) is 0. The second-order valence-corrected chi connectivity index (χ2v) is 8.39. The summed E-state index contributed by atoms with van der Waals surface area (Å²) in [6.45, 7) is 0. The van der Waals surface area contributed by atoms with Crippen LogP contribution in [0.3, 0.4) is 0 Å². The number of rotatable bonds is 4. The number of nitrogens with zero attached hydrogens (tertiary/aromatic N) is 3. The molecule has 0 aliphatic heterocycles. The van der Waals surface area contributed by atoms with E-state index in [0.717, 1.165) is 21.7 Å². The van der Waals surface area contributed by atoms with Crippen LogP contribution < -0.4 is 4.74 Å². The number of pyridine rings is 2. The fraction of sp³-hybridized carbons (Fsp3) is 0.0400. The van der Waals surface area contributed by atoms with E-state index in [1.165, 1.54) is 19.2 Å². The van der Waals surface area contributed by atoms with E-state index >= 15 is 0 Å². The first kappa shape index (κ1) is 25.6. The smallest absolute Gasteiger partial charge is 0.0267 e. The molecule has 34 heavy (non-hydrogen) atoms. The summed E-state index contributed by atoms with van der Waals surface area (Å²) in [7, 11) is 2.16. The maximum atomic E-state index is 12.8. The van der Waals surface area contributed by atoms with E-state index in [-0.39, 0.29) is 4.90 Å². The molecule has 3 aromatic carbocycles. The van der Waals surface area contributed by atoms with Crippen LogP contribution in [0.15, 0.2) is 108 Å². The molecule has 0 saturated heterocycles. The van der Waals surface area contributed by atoms with E-state index in [2.05, 4.69) is 42.4 Å². The average Bonchev–Trinajstić information content (AvgIpc) is 2.91. The monoisotopic (exact) mass is 583 g/mol. The van der Waals surface area contributed by atoms with Gasteiger partial charge in [-0.3, -0.25) is 9.97 Å². The first-order valence-corrected chi connectivity index (χ1v) is 13.4. The standard InChI is InChI=1S/C20H15N2O3S.C5H5N.ClH.Pd/c1-25-16-9-11-17(12-10-16)26(23,24)22-18-6-2-4-14-7-8-15-5-3-13-21-20(15)19(14)18;1-2-4-6-5-3-1;;/h2-13H,1H3;1-5H;1H;/q-1;;;+2/p-1. The number of methoxy groups -OCH3 is 1. The minimum Gasteiger partial charge on any atom is -0.265 e. The Morgan fingerprint density at radius 2 is 1.47 bits per heavy atom. The fourth-order valence-electron chi connectivity index (χ4n) is 3.21. The van der Waals surface area contributed by atoms with Gasteiger partial charge in [-0.15, -0.1) is 5.69 Å². The molecule has 0 spiro atoms. The molecule has 0 unspecified atom stereocenters. The molecule has 6 nitrogen and oxygen atoms in total. The van der Waals surface area contributed by atoms with Gasteiger partial charge in [-0.1, -0.05) is 42.5 Å². The number of sulfonamides is 1. The maximum Gasteiger partial charge on any atom is 0.0267 e. The molecule has 176 valence electrons. The van der Waals surface area contributed by atoms with Crippen molar-refractivity contribution in [2.45, 2.75) is 4.90 Å². The van der Waals surface area contributed by atoms with Gasteiger partial charge >= 0.3 is 27.7 Å². The molecule has 0 saturated carbocycles. The molecule has 2 heterocycles. The zero-order valence-corrected chi connectivity index (χ0v) is 21.1. The molecule has 0 N–H and O–H groups in total. The van der Waals surface area contributed by atoms with Crippen LogP contribution in [-0.4, -0.2) is 25.5 Å². The molecule has 5 rings (SSSR count). The third-order valence-corrected chi connectivity index (χ3v) is 6.04. The van der Waals surface area contributed by atoms with Crippen molar-refractivity contribution in [2.75, 3.05) is 7.11 Å². The van der Waals surface area contributed by atoms with Crippen molar-refractivity contribution in [3.63, 3.8) is 0 Å². The molecule has 0 aliphatic carbocycles. The van der Waals surface area contributed by atoms with Crippen LogP contribution in [0.25, 0.3) is 26.4 Å². The Hall–Kier alpha value is -3.02. The molecule has 0 fully saturated rings. The minimum atomic E-state index is -3.86. The Morgan fingerprint density at radius 3 is 2.09 bits per heavy atom. The van der Waals surface area contributed by atoms with Crippen molar-refractivity contribution in [1.82, 2.24) is 9.97 Å². The summed E-state index contributed by atoms with van der Waals surface area (Å²) in [6.07, 6.45) is 5.19. The molecule has 0 atom stereocenters. The Bertz CT molecular complexity index is 1420.